The monoisotopic (exact) mass is 259 g/mol. The Balaban J connectivity index is 1.81. The predicted octanol–water partition coefficient (Wildman–Crippen LogP) is 3.54. The number of carboxylic acid groups (broad SMARTS) is 1. The normalized spacial score (nSPS) is 26.8. The Morgan fingerprint density at radius 3 is 2.47 bits per heavy atom. The first-order valence-corrected chi connectivity index (χ1v) is 7.36. The van der Waals surface area contributed by atoms with E-state index in [1.165, 1.54) is 44.2 Å². The fraction of sp³-hybridized carbons (Fsp3) is 0.562. The van der Waals surface area contributed by atoms with Gasteiger partial charge in [-0.3, -0.25) is 0 Å². The minimum atomic E-state index is -0.847. The summed E-state index contributed by atoms with van der Waals surface area (Å²) in [6.07, 6.45) is 8.02. The van der Waals surface area contributed by atoms with Crippen molar-refractivity contribution in [2.24, 2.45) is 5.92 Å². The predicted molar refractivity (Wildman–Crippen MR) is 75.7 cm³/mol. The third-order valence-corrected chi connectivity index (χ3v) is 4.69. The maximum atomic E-state index is 10.9. The molecular formula is C16H21NO2. The van der Waals surface area contributed by atoms with Gasteiger partial charge in [-0.15, -0.1) is 0 Å². The van der Waals surface area contributed by atoms with Crippen LogP contribution in [0.15, 0.2) is 24.3 Å². The van der Waals surface area contributed by atoms with Crippen molar-refractivity contribution < 1.29 is 9.90 Å². The molecule has 0 amide bonds. The summed E-state index contributed by atoms with van der Waals surface area (Å²) in [5, 5.41) is 8.96. The standard InChI is InChI=1S/C16H21NO2/c18-16(19)13-7-9-14(10-8-13)17-11-3-5-12-4-1-2-6-15(12)17/h7-10,12,15H,1-6,11H2,(H,18,19). The molecule has 0 radical (unpaired) electrons. The van der Waals surface area contributed by atoms with Crippen LogP contribution in [0.1, 0.15) is 48.9 Å². The molecule has 1 saturated heterocycles. The fourth-order valence-electron chi connectivity index (χ4n) is 3.74. The molecule has 1 N–H and O–H groups in total. The lowest BCUT2D eigenvalue weighted by molar-refractivity contribution is 0.0697. The third-order valence-electron chi connectivity index (χ3n) is 4.69. The van der Waals surface area contributed by atoms with Gasteiger partial charge in [-0.1, -0.05) is 12.8 Å². The lowest BCUT2D eigenvalue weighted by atomic mass is 9.78. The molecule has 0 bridgehead atoms. The van der Waals surface area contributed by atoms with Gasteiger partial charge in [0.05, 0.1) is 5.56 Å². The number of fused-ring (bicyclic) bond motifs is 1. The zero-order valence-electron chi connectivity index (χ0n) is 11.2. The molecule has 2 fully saturated rings. The summed E-state index contributed by atoms with van der Waals surface area (Å²) in [6.45, 7) is 1.12. The molecule has 2 unspecified atom stereocenters. The molecule has 1 aliphatic heterocycles. The molecule has 3 nitrogen and oxygen atoms in total. The molecule has 19 heavy (non-hydrogen) atoms. The van der Waals surface area contributed by atoms with Gasteiger partial charge in [0.2, 0.25) is 0 Å². The van der Waals surface area contributed by atoms with Gasteiger partial charge in [0.25, 0.3) is 0 Å². The lowest BCUT2D eigenvalue weighted by Gasteiger charge is -2.45. The van der Waals surface area contributed by atoms with Gasteiger partial charge in [-0.2, -0.15) is 0 Å². The fourth-order valence-corrected chi connectivity index (χ4v) is 3.74. The van der Waals surface area contributed by atoms with Gasteiger partial charge >= 0.3 is 5.97 Å². The highest BCUT2D eigenvalue weighted by atomic mass is 16.4. The van der Waals surface area contributed by atoms with E-state index in [9.17, 15) is 4.79 Å². The first-order valence-electron chi connectivity index (χ1n) is 7.36. The summed E-state index contributed by atoms with van der Waals surface area (Å²) >= 11 is 0. The Kier molecular flexibility index (Phi) is 3.45. The summed E-state index contributed by atoms with van der Waals surface area (Å²) in [5.74, 6) is 0.00221. The van der Waals surface area contributed by atoms with Crippen LogP contribution in [0.4, 0.5) is 5.69 Å². The van der Waals surface area contributed by atoms with Gasteiger partial charge in [-0.25, -0.2) is 4.79 Å². The van der Waals surface area contributed by atoms with Crippen molar-refractivity contribution in [2.45, 2.75) is 44.6 Å². The van der Waals surface area contributed by atoms with E-state index in [1.54, 1.807) is 12.1 Å². The summed E-state index contributed by atoms with van der Waals surface area (Å²) in [7, 11) is 0. The molecule has 1 aromatic carbocycles. The van der Waals surface area contributed by atoms with E-state index in [0.717, 1.165) is 12.5 Å². The van der Waals surface area contributed by atoms with Crippen LogP contribution in [0.25, 0.3) is 0 Å². The van der Waals surface area contributed by atoms with E-state index in [2.05, 4.69) is 4.90 Å². The number of nitrogens with zero attached hydrogens (tertiary/aromatic N) is 1. The van der Waals surface area contributed by atoms with Crippen molar-refractivity contribution in [3.8, 4) is 0 Å². The van der Waals surface area contributed by atoms with Gasteiger partial charge in [0.15, 0.2) is 0 Å². The molecule has 1 aliphatic carbocycles. The van der Waals surface area contributed by atoms with Gasteiger partial charge < -0.3 is 10.0 Å². The molecule has 102 valence electrons. The topological polar surface area (TPSA) is 40.5 Å². The van der Waals surface area contributed by atoms with E-state index in [0.29, 0.717) is 11.6 Å². The van der Waals surface area contributed by atoms with Gasteiger partial charge in [-0.05, 0) is 55.9 Å². The number of carboxylic acids is 1. The number of benzene rings is 1. The molecule has 1 heterocycles. The summed E-state index contributed by atoms with van der Waals surface area (Å²) in [5.41, 5.74) is 1.57. The third kappa shape index (κ3) is 2.46. The van der Waals surface area contributed by atoms with Crippen molar-refractivity contribution in [2.75, 3.05) is 11.4 Å². The Hall–Kier alpha value is -1.51. The van der Waals surface area contributed by atoms with Crippen LogP contribution in [0.5, 0.6) is 0 Å². The van der Waals surface area contributed by atoms with E-state index in [4.69, 9.17) is 5.11 Å². The number of rotatable bonds is 2. The van der Waals surface area contributed by atoms with Crippen molar-refractivity contribution in [3.05, 3.63) is 29.8 Å². The average Bonchev–Trinajstić information content (AvgIpc) is 2.47. The number of aromatic carboxylic acids is 1. The Morgan fingerprint density at radius 1 is 1.05 bits per heavy atom. The number of hydrogen-bond donors (Lipinski definition) is 1. The van der Waals surface area contributed by atoms with Crippen molar-refractivity contribution in [1.82, 2.24) is 0 Å². The smallest absolute Gasteiger partial charge is 0.335 e. The molecule has 1 saturated carbocycles. The van der Waals surface area contributed by atoms with Crippen LogP contribution in [0.3, 0.4) is 0 Å². The second-order valence-corrected chi connectivity index (χ2v) is 5.80. The lowest BCUT2D eigenvalue weighted by Crippen LogP contribution is -2.46. The summed E-state index contributed by atoms with van der Waals surface area (Å²) in [4.78, 5) is 13.4. The van der Waals surface area contributed by atoms with Crippen LogP contribution >= 0.6 is 0 Å². The quantitative estimate of drug-likeness (QED) is 0.883. The van der Waals surface area contributed by atoms with E-state index in [1.807, 2.05) is 12.1 Å². The van der Waals surface area contributed by atoms with Crippen molar-refractivity contribution in [3.63, 3.8) is 0 Å². The maximum absolute atomic E-state index is 10.9. The molecule has 1 aromatic rings. The average molecular weight is 259 g/mol. The molecule has 0 spiro atoms. The number of piperidine rings is 1. The largest absolute Gasteiger partial charge is 0.478 e. The SMILES string of the molecule is O=C(O)c1ccc(N2CCCC3CCCCC32)cc1. The minimum absolute atomic E-state index is 0.376. The molecule has 2 atom stereocenters. The molecular weight excluding hydrogens is 238 g/mol. The molecule has 0 aromatic heterocycles. The summed E-state index contributed by atoms with van der Waals surface area (Å²) in [6, 6.07) is 8.08. The first kappa shape index (κ1) is 12.5. The number of hydrogen-bond acceptors (Lipinski definition) is 2. The van der Waals surface area contributed by atoms with Crippen LogP contribution < -0.4 is 4.90 Å². The van der Waals surface area contributed by atoms with Crippen molar-refractivity contribution >= 4 is 11.7 Å². The summed E-state index contributed by atoms with van der Waals surface area (Å²) < 4.78 is 0. The number of anilines is 1. The van der Waals surface area contributed by atoms with Gasteiger partial charge in [0.1, 0.15) is 0 Å². The van der Waals surface area contributed by atoms with Crippen LogP contribution in [-0.2, 0) is 0 Å². The first-order chi connectivity index (χ1) is 9.25. The van der Waals surface area contributed by atoms with Crippen LogP contribution in [0.2, 0.25) is 0 Å². The second-order valence-electron chi connectivity index (χ2n) is 5.80. The Labute approximate surface area is 114 Å². The van der Waals surface area contributed by atoms with Crippen molar-refractivity contribution in [1.29, 1.82) is 0 Å². The second kappa shape index (κ2) is 5.24. The van der Waals surface area contributed by atoms with E-state index in [-0.39, 0.29) is 0 Å². The zero-order valence-corrected chi connectivity index (χ0v) is 11.2. The highest BCUT2D eigenvalue weighted by Crippen LogP contribution is 2.37. The number of carbonyl (C=O) groups is 1. The van der Waals surface area contributed by atoms with Crippen LogP contribution in [-0.4, -0.2) is 23.7 Å². The van der Waals surface area contributed by atoms with Gasteiger partial charge in [0, 0.05) is 18.3 Å². The molecule has 2 aliphatic rings. The Morgan fingerprint density at radius 2 is 1.74 bits per heavy atom. The highest BCUT2D eigenvalue weighted by Gasteiger charge is 2.33. The molecule has 3 heteroatoms. The zero-order chi connectivity index (χ0) is 13.2. The van der Waals surface area contributed by atoms with Crippen LogP contribution in [0, 0.1) is 5.92 Å². The highest BCUT2D eigenvalue weighted by molar-refractivity contribution is 5.88. The van der Waals surface area contributed by atoms with E-state index < -0.39 is 5.97 Å². The van der Waals surface area contributed by atoms with E-state index >= 15 is 0 Å². The minimum Gasteiger partial charge on any atom is -0.478 e. The Bertz CT molecular complexity index is 452. The maximum Gasteiger partial charge on any atom is 0.335 e. The molecule has 3 rings (SSSR count).